The molecule has 0 amide bonds. The van der Waals surface area contributed by atoms with Crippen LogP contribution in [0.25, 0.3) is 11.1 Å². The van der Waals surface area contributed by atoms with E-state index in [2.05, 4.69) is 0 Å². The molecule has 0 saturated carbocycles. The van der Waals surface area contributed by atoms with Crippen LogP contribution in [0.5, 0.6) is 0 Å². The fourth-order valence-electron chi connectivity index (χ4n) is 1.90. The highest BCUT2D eigenvalue weighted by atomic mass is 32.1. The summed E-state index contributed by atoms with van der Waals surface area (Å²) in [5.74, 6) is -1.14. The van der Waals surface area contributed by atoms with Gasteiger partial charge < -0.3 is 4.74 Å². The smallest absolute Gasteiger partial charge is 0.348 e. The number of carbonyl (C=O) groups excluding carboxylic acids is 2. The lowest BCUT2D eigenvalue weighted by molar-refractivity contribution is -0.149. The van der Waals surface area contributed by atoms with Gasteiger partial charge in [-0.05, 0) is 17.0 Å². The monoisotopic (exact) mass is 256 g/mol. The summed E-state index contributed by atoms with van der Waals surface area (Å²) in [5, 5.41) is 1.86. The van der Waals surface area contributed by atoms with Gasteiger partial charge in [-0.2, -0.15) is 0 Å². The third-order valence-electron chi connectivity index (χ3n) is 2.67. The van der Waals surface area contributed by atoms with E-state index in [9.17, 15) is 9.59 Å². The fourth-order valence-corrected chi connectivity index (χ4v) is 2.67. The van der Waals surface area contributed by atoms with Gasteiger partial charge in [-0.1, -0.05) is 36.4 Å². The van der Waals surface area contributed by atoms with Gasteiger partial charge in [-0.25, -0.2) is 9.59 Å². The molecule has 0 aliphatic carbocycles. The molecule has 2 aromatic rings. The maximum absolute atomic E-state index is 11.8. The first-order valence-corrected chi connectivity index (χ1v) is 6.25. The molecule has 0 radical (unpaired) electrons. The van der Waals surface area contributed by atoms with E-state index in [4.69, 9.17) is 4.74 Å². The Balaban J connectivity index is 2.24. The molecule has 0 bridgehead atoms. The Hall–Kier alpha value is -2.20. The molecule has 4 heteroatoms. The highest BCUT2D eigenvalue weighted by Gasteiger charge is 2.35. The van der Waals surface area contributed by atoms with Crippen molar-refractivity contribution in [2.45, 2.75) is 0 Å². The Morgan fingerprint density at radius 1 is 0.833 bits per heavy atom. The van der Waals surface area contributed by atoms with Gasteiger partial charge in [0.15, 0.2) is 0 Å². The Morgan fingerprint density at radius 2 is 1.56 bits per heavy atom. The van der Waals surface area contributed by atoms with Crippen molar-refractivity contribution in [3.63, 3.8) is 0 Å². The number of thiophene rings is 1. The van der Waals surface area contributed by atoms with E-state index in [0.29, 0.717) is 16.7 Å². The van der Waals surface area contributed by atoms with Crippen molar-refractivity contribution in [2.75, 3.05) is 0 Å². The minimum atomic E-state index is -0.574. The predicted octanol–water partition coefficient (Wildman–Crippen LogP) is 2.74. The summed E-state index contributed by atoms with van der Waals surface area (Å²) in [4.78, 5) is 24.3. The summed E-state index contributed by atoms with van der Waals surface area (Å²) < 4.78 is 4.72. The summed E-state index contributed by atoms with van der Waals surface area (Å²) in [6.07, 6.45) is 0. The van der Waals surface area contributed by atoms with Crippen LogP contribution in [0.1, 0.15) is 10.4 Å². The van der Waals surface area contributed by atoms with Crippen molar-refractivity contribution in [1.29, 1.82) is 0 Å². The minimum Gasteiger partial charge on any atom is -0.386 e. The highest BCUT2D eigenvalue weighted by Crippen LogP contribution is 2.35. The standard InChI is InChI=1S/C14H8O3S/c15-13-11(9-5-2-1-3-6-9)12(14(16)17-13)10-7-4-8-18-10/h1-8H. The van der Waals surface area contributed by atoms with Gasteiger partial charge in [-0.15, -0.1) is 11.3 Å². The molecule has 2 heterocycles. The molecule has 1 aliphatic heterocycles. The summed E-state index contributed by atoms with van der Waals surface area (Å²) in [5.41, 5.74) is 1.42. The summed E-state index contributed by atoms with van der Waals surface area (Å²) >= 11 is 1.41. The Labute approximate surface area is 107 Å². The topological polar surface area (TPSA) is 43.4 Å². The Morgan fingerprint density at radius 3 is 2.22 bits per heavy atom. The van der Waals surface area contributed by atoms with Gasteiger partial charge in [0.05, 0.1) is 11.1 Å². The van der Waals surface area contributed by atoms with Crippen LogP contribution in [0.4, 0.5) is 0 Å². The molecule has 1 aromatic heterocycles. The first-order valence-electron chi connectivity index (χ1n) is 5.37. The number of rotatable bonds is 2. The molecule has 18 heavy (non-hydrogen) atoms. The molecule has 0 saturated heterocycles. The molecule has 0 fully saturated rings. The van der Waals surface area contributed by atoms with Crippen molar-refractivity contribution in [1.82, 2.24) is 0 Å². The van der Waals surface area contributed by atoms with Crippen molar-refractivity contribution in [3.05, 3.63) is 58.3 Å². The van der Waals surface area contributed by atoms with Gasteiger partial charge in [0.2, 0.25) is 0 Å². The Kier molecular flexibility index (Phi) is 2.57. The van der Waals surface area contributed by atoms with E-state index in [1.54, 1.807) is 12.1 Å². The van der Waals surface area contributed by atoms with E-state index in [0.717, 1.165) is 4.88 Å². The number of hydrogen-bond donors (Lipinski definition) is 0. The van der Waals surface area contributed by atoms with E-state index in [-0.39, 0.29) is 0 Å². The molecule has 3 rings (SSSR count). The van der Waals surface area contributed by atoms with Crippen LogP contribution in [0.3, 0.4) is 0 Å². The van der Waals surface area contributed by atoms with Crippen LogP contribution in [0.2, 0.25) is 0 Å². The largest absolute Gasteiger partial charge is 0.386 e. The second-order valence-electron chi connectivity index (χ2n) is 3.77. The van der Waals surface area contributed by atoms with Crippen LogP contribution in [-0.4, -0.2) is 11.9 Å². The van der Waals surface area contributed by atoms with Crippen LogP contribution in [0.15, 0.2) is 47.8 Å². The summed E-state index contributed by atoms with van der Waals surface area (Å²) in [6.45, 7) is 0. The van der Waals surface area contributed by atoms with Crippen LogP contribution in [-0.2, 0) is 14.3 Å². The van der Waals surface area contributed by atoms with E-state index in [1.807, 2.05) is 35.7 Å². The van der Waals surface area contributed by atoms with Crippen molar-refractivity contribution >= 4 is 34.4 Å². The van der Waals surface area contributed by atoms with E-state index in [1.165, 1.54) is 11.3 Å². The maximum Gasteiger partial charge on any atom is 0.348 e. The number of hydrogen-bond acceptors (Lipinski definition) is 4. The lowest BCUT2D eigenvalue weighted by Crippen LogP contribution is -2.01. The molecule has 3 nitrogen and oxygen atoms in total. The molecule has 0 atom stereocenters. The first-order chi connectivity index (χ1) is 8.77. The average Bonchev–Trinajstić information content (AvgIpc) is 2.97. The zero-order chi connectivity index (χ0) is 12.5. The third-order valence-corrected chi connectivity index (χ3v) is 3.56. The molecule has 0 spiro atoms. The Bertz CT molecular complexity index is 639. The number of cyclic esters (lactones) is 2. The highest BCUT2D eigenvalue weighted by molar-refractivity contribution is 7.11. The maximum atomic E-state index is 11.8. The van der Waals surface area contributed by atoms with E-state index >= 15 is 0 Å². The zero-order valence-corrected chi connectivity index (χ0v) is 10.1. The van der Waals surface area contributed by atoms with Crippen molar-refractivity contribution < 1.29 is 14.3 Å². The molecule has 1 aliphatic rings. The number of esters is 2. The van der Waals surface area contributed by atoms with E-state index < -0.39 is 11.9 Å². The predicted molar refractivity (Wildman–Crippen MR) is 68.7 cm³/mol. The summed E-state index contributed by atoms with van der Waals surface area (Å²) in [6, 6.07) is 12.7. The second kappa shape index (κ2) is 4.23. The molecule has 88 valence electrons. The quantitative estimate of drug-likeness (QED) is 0.613. The normalized spacial score (nSPS) is 15.1. The number of benzene rings is 1. The van der Waals surface area contributed by atoms with Crippen LogP contribution in [0, 0.1) is 0 Å². The van der Waals surface area contributed by atoms with Gasteiger partial charge >= 0.3 is 11.9 Å². The molecule has 0 N–H and O–H groups in total. The molecular weight excluding hydrogens is 248 g/mol. The number of carbonyl (C=O) groups is 2. The van der Waals surface area contributed by atoms with Crippen molar-refractivity contribution in [2.24, 2.45) is 0 Å². The van der Waals surface area contributed by atoms with Gasteiger partial charge in [0, 0.05) is 4.88 Å². The minimum absolute atomic E-state index is 0.350. The van der Waals surface area contributed by atoms with Crippen molar-refractivity contribution in [3.8, 4) is 0 Å². The molecule has 0 unspecified atom stereocenters. The number of ether oxygens (including phenoxy) is 1. The average molecular weight is 256 g/mol. The second-order valence-corrected chi connectivity index (χ2v) is 4.72. The van der Waals surface area contributed by atoms with Crippen LogP contribution < -0.4 is 0 Å². The van der Waals surface area contributed by atoms with Gasteiger partial charge in [-0.3, -0.25) is 0 Å². The molecule has 1 aromatic carbocycles. The van der Waals surface area contributed by atoms with Gasteiger partial charge in [0.1, 0.15) is 0 Å². The first kappa shape index (κ1) is 10.9. The lowest BCUT2D eigenvalue weighted by atomic mass is 10.0. The summed E-state index contributed by atoms with van der Waals surface area (Å²) in [7, 11) is 0. The SMILES string of the molecule is O=C1OC(=O)C(c2cccs2)=C1c1ccccc1. The van der Waals surface area contributed by atoms with Gasteiger partial charge in [0.25, 0.3) is 0 Å². The zero-order valence-electron chi connectivity index (χ0n) is 9.25. The van der Waals surface area contributed by atoms with Crippen LogP contribution >= 0.6 is 11.3 Å². The fraction of sp³-hybridized carbons (Fsp3) is 0. The lowest BCUT2D eigenvalue weighted by Gasteiger charge is -2.00. The third kappa shape index (κ3) is 1.67. The molecular formula is C14H8O3S.